The van der Waals surface area contributed by atoms with Crippen LogP contribution < -0.4 is 0 Å². The number of phosphoric ester groups is 2. The molecule has 0 bridgehead atoms. The van der Waals surface area contributed by atoms with Crippen molar-refractivity contribution in [1.29, 1.82) is 0 Å². The van der Waals surface area contributed by atoms with Gasteiger partial charge >= 0.3 is 39.5 Å². The lowest BCUT2D eigenvalue weighted by Gasteiger charge is -2.21. The first-order chi connectivity index (χ1) is 45.1. The van der Waals surface area contributed by atoms with Gasteiger partial charge in [-0.25, -0.2) is 9.13 Å². The molecule has 3 N–H and O–H groups in total. The fourth-order valence-electron chi connectivity index (χ4n) is 11.3. The lowest BCUT2D eigenvalue weighted by atomic mass is 9.99. The van der Waals surface area contributed by atoms with Gasteiger partial charge in [0.25, 0.3) is 0 Å². The second-order valence-electron chi connectivity index (χ2n) is 28.7. The molecular weight excluding hydrogens is 1230 g/mol. The lowest BCUT2D eigenvalue weighted by Crippen LogP contribution is -2.30. The molecule has 0 saturated carbocycles. The first kappa shape index (κ1) is 92.1. The van der Waals surface area contributed by atoms with Crippen molar-refractivity contribution in [1.82, 2.24) is 0 Å². The number of unbranched alkanes of at least 4 members (excludes halogenated alkanes) is 37. The molecule has 6 atom stereocenters. The van der Waals surface area contributed by atoms with Gasteiger partial charge in [-0.1, -0.05) is 325 Å². The predicted molar refractivity (Wildman–Crippen MR) is 381 cm³/mol. The summed E-state index contributed by atoms with van der Waals surface area (Å²) in [5, 5.41) is 10.6. The largest absolute Gasteiger partial charge is 0.472 e. The molecule has 0 heterocycles. The van der Waals surface area contributed by atoms with Crippen molar-refractivity contribution in [2.75, 3.05) is 39.6 Å². The summed E-state index contributed by atoms with van der Waals surface area (Å²) >= 11 is 0. The minimum Gasteiger partial charge on any atom is -0.462 e. The van der Waals surface area contributed by atoms with Crippen LogP contribution in [0.3, 0.4) is 0 Å². The third-order valence-corrected chi connectivity index (χ3v) is 19.6. The molecule has 17 nitrogen and oxygen atoms in total. The predicted octanol–water partition coefficient (Wildman–Crippen LogP) is 21.7. The summed E-state index contributed by atoms with van der Waals surface area (Å²) in [5.41, 5.74) is 0. The Morgan fingerprint density at radius 1 is 0.298 bits per heavy atom. The van der Waals surface area contributed by atoms with Gasteiger partial charge in [-0.05, 0) is 49.4 Å². The van der Waals surface area contributed by atoms with Crippen molar-refractivity contribution in [2.24, 2.45) is 23.7 Å². The van der Waals surface area contributed by atoms with E-state index in [9.17, 15) is 43.2 Å². The highest BCUT2D eigenvalue weighted by atomic mass is 31.2. The SMILES string of the molecule is CCC(C)CCCCCCCCCCCCCCCCCCCCC(=O)OC[C@H](COP(=O)(O)OCC(O)COP(=O)(O)OC[C@@H](COC(=O)CCCCCCCCCCC(C)C)OC(=O)CCCCCCCCCCCC(C)C)OC(=O)CCCCCCCCC(C)C. The van der Waals surface area contributed by atoms with Gasteiger partial charge in [0.2, 0.25) is 0 Å². The van der Waals surface area contributed by atoms with Crippen LogP contribution >= 0.6 is 15.6 Å². The molecule has 0 aliphatic heterocycles. The molecule has 558 valence electrons. The molecule has 0 spiro atoms. The van der Waals surface area contributed by atoms with Crippen LogP contribution in [-0.2, 0) is 65.4 Å². The second kappa shape index (κ2) is 64.4. The summed E-state index contributed by atoms with van der Waals surface area (Å²) in [6.07, 6.45) is 49.0. The van der Waals surface area contributed by atoms with Crippen molar-refractivity contribution in [3.8, 4) is 0 Å². The Balaban J connectivity index is 5.11. The molecule has 0 fully saturated rings. The average Bonchev–Trinajstić information content (AvgIpc) is 2.26. The van der Waals surface area contributed by atoms with Crippen molar-refractivity contribution >= 4 is 39.5 Å². The maximum absolute atomic E-state index is 13.0. The van der Waals surface area contributed by atoms with Crippen LogP contribution in [0, 0.1) is 23.7 Å². The third-order valence-electron chi connectivity index (χ3n) is 17.7. The number of hydrogen-bond acceptors (Lipinski definition) is 15. The minimum atomic E-state index is -4.95. The highest BCUT2D eigenvalue weighted by Gasteiger charge is 2.30. The van der Waals surface area contributed by atoms with Gasteiger partial charge in [-0.3, -0.25) is 37.3 Å². The smallest absolute Gasteiger partial charge is 0.462 e. The van der Waals surface area contributed by atoms with Crippen LogP contribution in [0.25, 0.3) is 0 Å². The van der Waals surface area contributed by atoms with Crippen molar-refractivity contribution < 1.29 is 80.2 Å². The first-order valence-corrected chi connectivity index (χ1v) is 41.7. The molecule has 0 radical (unpaired) electrons. The highest BCUT2D eigenvalue weighted by Crippen LogP contribution is 2.45. The Labute approximate surface area is 575 Å². The van der Waals surface area contributed by atoms with Crippen molar-refractivity contribution in [3.63, 3.8) is 0 Å². The van der Waals surface area contributed by atoms with E-state index in [1.165, 1.54) is 180 Å². The number of aliphatic hydroxyl groups excluding tert-OH is 1. The maximum atomic E-state index is 13.0. The molecule has 0 aromatic carbocycles. The van der Waals surface area contributed by atoms with Crippen LogP contribution in [0.1, 0.15) is 376 Å². The zero-order valence-electron chi connectivity index (χ0n) is 61.6. The molecular formula is C75H146O17P2. The third kappa shape index (κ3) is 67.3. The van der Waals surface area contributed by atoms with E-state index in [1.807, 2.05) is 0 Å². The average molecular weight is 1380 g/mol. The van der Waals surface area contributed by atoms with Crippen LogP contribution in [0.5, 0.6) is 0 Å². The number of carbonyl (C=O) groups excluding carboxylic acids is 4. The van der Waals surface area contributed by atoms with Crippen LogP contribution in [0.4, 0.5) is 0 Å². The summed E-state index contributed by atoms with van der Waals surface area (Å²) in [5.74, 6) is 0.876. The van der Waals surface area contributed by atoms with Gasteiger partial charge in [0, 0.05) is 25.7 Å². The van der Waals surface area contributed by atoms with E-state index in [2.05, 4.69) is 55.4 Å². The highest BCUT2D eigenvalue weighted by molar-refractivity contribution is 7.47. The zero-order chi connectivity index (χ0) is 69.6. The molecule has 0 rings (SSSR count). The monoisotopic (exact) mass is 1380 g/mol. The van der Waals surface area contributed by atoms with Crippen LogP contribution in [0.2, 0.25) is 0 Å². The van der Waals surface area contributed by atoms with E-state index in [0.717, 1.165) is 108 Å². The maximum Gasteiger partial charge on any atom is 0.472 e. The molecule has 0 saturated heterocycles. The second-order valence-corrected chi connectivity index (χ2v) is 31.6. The lowest BCUT2D eigenvalue weighted by molar-refractivity contribution is -0.161. The standard InChI is InChI=1S/C75H146O17P2/c1-9-68(8)54-46-38-29-22-18-16-14-12-10-11-13-15-17-19-23-30-39-47-55-72(77)85-62-71(92-75(80)58-50-42-34-33-37-45-53-67(6)7)64-90-94(83,84)88-60-69(76)59-87-93(81,82)89-63-70(61-86-73(78)56-48-40-31-26-25-28-36-44-52-66(4)5)91-74(79)57-49-41-32-24-20-21-27-35-43-51-65(2)3/h65-71,76H,9-64H2,1-8H3,(H,81,82)(H,83,84)/t68?,69?,70-,71-/m1/s1. The van der Waals surface area contributed by atoms with E-state index >= 15 is 0 Å². The Morgan fingerprint density at radius 2 is 0.511 bits per heavy atom. The summed E-state index contributed by atoms with van der Waals surface area (Å²) < 4.78 is 68.3. The summed E-state index contributed by atoms with van der Waals surface area (Å²) in [6, 6.07) is 0. The number of aliphatic hydroxyl groups is 1. The van der Waals surface area contributed by atoms with E-state index in [-0.39, 0.29) is 25.7 Å². The van der Waals surface area contributed by atoms with Crippen LogP contribution in [-0.4, -0.2) is 96.7 Å². The summed E-state index contributed by atoms with van der Waals surface area (Å²) in [4.78, 5) is 72.6. The molecule has 19 heteroatoms. The Kier molecular flexibility index (Phi) is 63.1. The molecule has 0 aromatic heterocycles. The Morgan fingerprint density at radius 3 is 0.755 bits per heavy atom. The van der Waals surface area contributed by atoms with Gasteiger partial charge in [0.15, 0.2) is 12.2 Å². The van der Waals surface area contributed by atoms with Gasteiger partial charge in [0.1, 0.15) is 19.3 Å². The van der Waals surface area contributed by atoms with Crippen molar-refractivity contribution in [3.05, 3.63) is 0 Å². The van der Waals surface area contributed by atoms with Crippen LogP contribution in [0.15, 0.2) is 0 Å². The zero-order valence-corrected chi connectivity index (χ0v) is 63.4. The van der Waals surface area contributed by atoms with Gasteiger partial charge in [-0.2, -0.15) is 0 Å². The molecule has 0 amide bonds. The van der Waals surface area contributed by atoms with Gasteiger partial charge in [0.05, 0.1) is 26.4 Å². The minimum absolute atomic E-state index is 0.102. The fourth-order valence-corrected chi connectivity index (χ4v) is 12.9. The van der Waals surface area contributed by atoms with Gasteiger partial charge in [-0.15, -0.1) is 0 Å². The van der Waals surface area contributed by atoms with E-state index in [4.69, 9.17) is 37.0 Å². The number of phosphoric acid groups is 2. The van der Waals surface area contributed by atoms with E-state index < -0.39 is 97.5 Å². The molecule has 0 aliphatic rings. The van der Waals surface area contributed by atoms with Gasteiger partial charge < -0.3 is 33.8 Å². The van der Waals surface area contributed by atoms with E-state index in [1.54, 1.807) is 0 Å². The molecule has 94 heavy (non-hydrogen) atoms. The number of ether oxygens (including phenoxy) is 4. The van der Waals surface area contributed by atoms with E-state index in [0.29, 0.717) is 31.6 Å². The molecule has 4 unspecified atom stereocenters. The first-order valence-electron chi connectivity index (χ1n) is 38.7. The number of carbonyl (C=O) groups is 4. The quantitative estimate of drug-likeness (QED) is 0.0222. The molecule has 0 aliphatic carbocycles. The number of rotatable bonds is 72. The topological polar surface area (TPSA) is 237 Å². The summed E-state index contributed by atoms with van der Waals surface area (Å²) in [6.45, 7) is 14.1. The number of esters is 4. The van der Waals surface area contributed by atoms with Crippen molar-refractivity contribution in [2.45, 2.75) is 395 Å². The number of hydrogen-bond donors (Lipinski definition) is 3. The molecule has 0 aromatic rings. The normalized spacial score (nSPS) is 14.4. The summed E-state index contributed by atoms with van der Waals surface area (Å²) in [7, 11) is -9.91. The fraction of sp³-hybridized carbons (Fsp3) is 0.947. The Hall–Kier alpha value is -1.94. The Bertz CT molecular complexity index is 1850.